The van der Waals surface area contributed by atoms with Crippen LogP contribution < -0.4 is 10.1 Å². The van der Waals surface area contributed by atoms with E-state index in [1.54, 1.807) is 6.07 Å². The van der Waals surface area contributed by atoms with Crippen LogP contribution in [0.3, 0.4) is 0 Å². The number of nitrogens with one attached hydrogen (secondary N) is 1. The Balaban J connectivity index is 1.36. The highest BCUT2D eigenvalue weighted by molar-refractivity contribution is 7.22. The van der Waals surface area contributed by atoms with Gasteiger partial charge in [-0.2, -0.15) is 13.2 Å². The highest BCUT2D eigenvalue weighted by atomic mass is 32.1. The van der Waals surface area contributed by atoms with Crippen molar-refractivity contribution in [1.82, 2.24) is 14.9 Å². The van der Waals surface area contributed by atoms with Crippen molar-refractivity contribution >= 4 is 39.0 Å². The van der Waals surface area contributed by atoms with Gasteiger partial charge in [-0.1, -0.05) is 6.07 Å². The van der Waals surface area contributed by atoms with E-state index in [9.17, 15) is 18.0 Å². The van der Waals surface area contributed by atoms with Crippen LogP contribution in [0.5, 0.6) is 5.75 Å². The minimum atomic E-state index is -5.07. The minimum absolute atomic E-state index is 0.231. The van der Waals surface area contributed by atoms with Crippen molar-refractivity contribution in [3.05, 3.63) is 54.6 Å². The second kappa shape index (κ2) is 9.07. The van der Waals surface area contributed by atoms with E-state index >= 15 is 0 Å². The lowest BCUT2D eigenvalue weighted by Crippen LogP contribution is -2.27. The van der Waals surface area contributed by atoms with Gasteiger partial charge in [0.15, 0.2) is 5.82 Å². The molecular formula is C23H19F3N4O3S. The van der Waals surface area contributed by atoms with Crippen LogP contribution in [-0.4, -0.2) is 40.1 Å². The Bertz CT molecular complexity index is 1330. The Morgan fingerprint density at radius 2 is 1.97 bits per heavy atom. The van der Waals surface area contributed by atoms with Gasteiger partial charge in [0, 0.05) is 11.8 Å². The van der Waals surface area contributed by atoms with E-state index in [0.29, 0.717) is 17.0 Å². The van der Waals surface area contributed by atoms with Gasteiger partial charge in [-0.25, -0.2) is 14.8 Å². The number of hydrogen-bond donors (Lipinski definition) is 1. The lowest BCUT2D eigenvalue weighted by Gasteiger charge is -2.11. The number of aromatic nitrogens is 2. The van der Waals surface area contributed by atoms with Crippen molar-refractivity contribution < 1.29 is 27.1 Å². The molecule has 1 aromatic carbocycles. The van der Waals surface area contributed by atoms with Gasteiger partial charge in [0.25, 0.3) is 0 Å². The number of ether oxygens (including phenoxy) is 1. The molecule has 0 aliphatic carbocycles. The van der Waals surface area contributed by atoms with Crippen LogP contribution in [0.25, 0.3) is 20.9 Å². The first-order valence-electron chi connectivity index (χ1n) is 10.6. The Kier molecular flexibility index (Phi) is 5.96. The second-order valence-electron chi connectivity index (χ2n) is 7.84. The maximum atomic E-state index is 12.5. The highest BCUT2D eigenvalue weighted by Gasteiger charge is 2.41. The zero-order chi connectivity index (χ0) is 23.7. The topological polar surface area (TPSA) is 80.5 Å². The van der Waals surface area contributed by atoms with Gasteiger partial charge in [-0.3, -0.25) is 4.90 Å². The molecule has 1 aliphatic heterocycles. The first kappa shape index (κ1) is 22.4. The fraction of sp³-hybridized carbons (Fsp3) is 0.261. The summed E-state index contributed by atoms with van der Waals surface area (Å²) < 4.78 is 48.7. The van der Waals surface area contributed by atoms with Crippen LogP contribution in [0.15, 0.2) is 53.2 Å². The number of anilines is 2. The second-order valence-corrected chi connectivity index (χ2v) is 8.89. The fourth-order valence-electron chi connectivity index (χ4n) is 3.76. The first-order chi connectivity index (χ1) is 16.3. The van der Waals surface area contributed by atoms with Crippen LogP contribution in [0.4, 0.5) is 24.7 Å². The molecule has 34 heavy (non-hydrogen) atoms. The van der Waals surface area contributed by atoms with Crippen molar-refractivity contribution in [2.75, 3.05) is 18.4 Å². The molecule has 4 aromatic rings. The zero-order valence-corrected chi connectivity index (χ0v) is 18.6. The van der Waals surface area contributed by atoms with Crippen LogP contribution >= 0.6 is 11.3 Å². The standard InChI is InChI=1S/C23H19F3N4O3S/c24-23(25,26)22(31)33-15-5-3-4-14(10-15)29-21-20-17(27-13-28-21)11-19(34-20)18-7-6-16(32-18)12-30-8-1-2-9-30/h3-7,10-11,13H,1-2,8-9,12H2,(H,27,28,29). The highest BCUT2D eigenvalue weighted by Crippen LogP contribution is 2.37. The summed E-state index contributed by atoms with van der Waals surface area (Å²) in [4.78, 5) is 23.0. The van der Waals surface area contributed by atoms with Gasteiger partial charge in [0.2, 0.25) is 0 Å². The van der Waals surface area contributed by atoms with Crippen LogP contribution in [0.2, 0.25) is 0 Å². The van der Waals surface area contributed by atoms with Gasteiger partial charge in [-0.15, -0.1) is 11.3 Å². The average Bonchev–Trinajstić information content (AvgIpc) is 3.55. The van der Waals surface area contributed by atoms with E-state index in [-0.39, 0.29) is 5.75 Å². The largest absolute Gasteiger partial charge is 0.491 e. The summed E-state index contributed by atoms with van der Waals surface area (Å²) in [5.74, 6) is -0.386. The molecule has 5 rings (SSSR count). The van der Waals surface area contributed by atoms with Crippen LogP contribution in [0.1, 0.15) is 18.6 Å². The molecule has 0 spiro atoms. The number of carbonyl (C=O) groups excluding carboxylic acids is 1. The molecule has 3 aromatic heterocycles. The third-order valence-electron chi connectivity index (χ3n) is 5.33. The number of alkyl halides is 3. The van der Waals surface area contributed by atoms with Crippen molar-refractivity contribution in [2.24, 2.45) is 0 Å². The van der Waals surface area contributed by atoms with E-state index < -0.39 is 12.1 Å². The van der Waals surface area contributed by atoms with Crippen molar-refractivity contribution in [3.8, 4) is 16.4 Å². The quantitative estimate of drug-likeness (QED) is 0.273. The SMILES string of the molecule is O=C(Oc1cccc(Nc2ncnc3cc(-c4ccc(CN5CCCC5)o4)sc23)c1)C(F)(F)F. The van der Waals surface area contributed by atoms with Crippen molar-refractivity contribution in [3.63, 3.8) is 0 Å². The number of nitrogens with zero attached hydrogens (tertiary/aromatic N) is 3. The summed E-state index contributed by atoms with van der Waals surface area (Å²) in [5.41, 5.74) is 1.11. The Hall–Kier alpha value is -3.44. The van der Waals surface area contributed by atoms with Crippen molar-refractivity contribution in [2.45, 2.75) is 25.6 Å². The molecule has 0 atom stereocenters. The summed E-state index contributed by atoms with van der Waals surface area (Å²) in [7, 11) is 0. The van der Waals surface area contributed by atoms with E-state index in [2.05, 4.69) is 24.9 Å². The van der Waals surface area contributed by atoms with E-state index in [1.807, 2.05) is 18.2 Å². The molecule has 0 bridgehead atoms. The smallest absolute Gasteiger partial charge is 0.459 e. The van der Waals surface area contributed by atoms with Gasteiger partial charge in [0.1, 0.15) is 23.6 Å². The number of esters is 1. The summed E-state index contributed by atoms with van der Waals surface area (Å²) >= 11 is 1.44. The molecule has 1 saturated heterocycles. The number of carbonyl (C=O) groups is 1. The number of benzene rings is 1. The lowest BCUT2D eigenvalue weighted by molar-refractivity contribution is -0.189. The number of hydrogen-bond acceptors (Lipinski definition) is 8. The molecule has 4 heterocycles. The number of halogens is 3. The Morgan fingerprint density at radius 1 is 1.15 bits per heavy atom. The summed E-state index contributed by atoms with van der Waals surface area (Å²) in [5, 5.41) is 3.07. The number of fused-ring (bicyclic) bond motifs is 1. The Labute approximate surface area is 196 Å². The molecule has 7 nitrogen and oxygen atoms in total. The molecule has 0 unspecified atom stereocenters. The molecule has 1 N–H and O–H groups in total. The molecule has 176 valence electrons. The molecule has 0 saturated carbocycles. The van der Waals surface area contributed by atoms with Gasteiger partial charge in [-0.05, 0) is 56.3 Å². The number of likely N-dealkylation sites (tertiary alicyclic amines) is 1. The predicted octanol–water partition coefficient (Wildman–Crippen LogP) is 5.76. The maximum Gasteiger partial charge on any atom is 0.491 e. The van der Waals surface area contributed by atoms with E-state index in [1.165, 1.54) is 48.7 Å². The molecule has 0 radical (unpaired) electrons. The number of thiophene rings is 1. The van der Waals surface area contributed by atoms with E-state index in [0.717, 1.165) is 40.7 Å². The van der Waals surface area contributed by atoms with Gasteiger partial charge in [0.05, 0.1) is 21.6 Å². The predicted molar refractivity (Wildman–Crippen MR) is 121 cm³/mol. The summed E-state index contributed by atoms with van der Waals surface area (Å²) in [6, 6.07) is 11.5. The van der Waals surface area contributed by atoms with Crippen LogP contribution in [0, 0.1) is 0 Å². The lowest BCUT2D eigenvalue weighted by atomic mass is 10.3. The van der Waals surface area contributed by atoms with Gasteiger partial charge >= 0.3 is 12.1 Å². The zero-order valence-electron chi connectivity index (χ0n) is 17.8. The first-order valence-corrected chi connectivity index (χ1v) is 11.4. The third kappa shape index (κ3) is 4.90. The molecular weight excluding hydrogens is 469 g/mol. The summed E-state index contributed by atoms with van der Waals surface area (Å²) in [6.45, 7) is 2.95. The number of rotatable bonds is 6. The summed E-state index contributed by atoms with van der Waals surface area (Å²) in [6.07, 6.45) is -1.25. The van der Waals surface area contributed by atoms with E-state index in [4.69, 9.17) is 4.42 Å². The molecule has 1 aliphatic rings. The Morgan fingerprint density at radius 3 is 2.76 bits per heavy atom. The number of furan rings is 1. The fourth-order valence-corrected chi connectivity index (χ4v) is 4.78. The third-order valence-corrected chi connectivity index (χ3v) is 6.48. The average molecular weight is 488 g/mol. The minimum Gasteiger partial charge on any atom is -0.459 e. The van der Waals surface area contributed by atoms with Crippen LogP contribution in [-0.2, 0) is 11.3 Å². The monoisotopic (exact) mass is 488 g/mol. The maximum absolute atomic E-state index is 12.5. The van der Waals surface area contributed by atoms with Gasteiger partial charge < -0.3 is 14.5 Å². The molecule has 11 heteroatoms. The molecule has 0 amide bonds. The molecule has 1 fully saturated rings. The van der Waals surface area contributed by atoms with Crippen molar-refractivity contribution in [1.29, 1.82) is 0 Å². The normalized spacial score (nSPS) is 14.6.